The van der Waals surface area contributed by atoms with E-state index in [-0.39, 0.29) is 17.1 Å². The molecule has 0 bridgehead atoms. The van der Waals surface area contributed by atoms with Crippen molar-refractivity contribution in [3.05, 3.63) is 28.8 Å². The number of phenolic OH excluding ortho intramolecular Hbond substituents is 1. The Morgan fingerprint density at radius 3 is 2.77 bits per heavy atom. The molecule has 2 nitrogen and oxygen atoms in total. The summed E-state index contributed by atoms with van der Waals surface area (Å²) in [4.78, 5) is 11.4. The number of carbonyl (C=O) groups excluding carboxylic acids is 1. The molecule has 13 heavy (non-hydrogen) atoms. The van der Waals surface area contributed by atoms with Crippen LogP contribution in [0.1, 0.15) is 16.8 Å². The Morgan fingerprint density at radius 1 is 1.54 bits per heavy atom. The highest BCUT2D eigenvalue weighted by molar-refractivity contribution is 9.09. The minimum absolute atomic E-state index is 0.0570. The lowest BCUT2D eigenvalue weighted by Gasteiger charge is -2.03. The van der Waals surface area contributed by atoms with Gasteiger partial charge in [0.15, 0.2) is 5.78 Å². The van der Waals surface area contributed by atoms with Crippen LogP contribution in [0.25, 0.3) is 0 Å². The SMILES string of the molecule is O=C(CCBr)c1c(O)cccc1Cl. The van der Waals surface area contributed by atoms with Gasteiger partial charge in [0.25, 0.3) is 0 Å². The molecule has 0 saturated carbocycles. The van der Waals surface area contributed by atoms with E-state index >= 15 is 0 Å². The monoisotopic (exact) mass is 262 g/mol. The van der Waals surface area contributed by atoms with E-state index in [9.17, 15) is 9.90 Å². The molecule has 0 amide bonds. The van der Waals surface area contributed by atoms with Crippen LogP contribution in [0.4, 0.5) is 0 Å². The first-order chi connectivity index (χ1) is 6.16. The van der Waals surface area contributed by atoms with Crippen molar-refractivity contribution in [3.8, 4) is 5.75 Å². The van der Waals surface area contributed by atoms with Gasteiger partial charge in [0.2, 0.25) is 0 Å². The van der Waals surface area contributed by atoms with Crippen molar-refractivity contribution in [1.29, 1.82) is 0 Å². The van der Waals surface area contributed by atoms with Gasteiger partial charge in [-0.05, 0) is 12.1 Å². The molecule has 0 unspecified atom stereocenters. The van der Waals surface area contributed by atoms with Crippen LogP contribution in [0.2, 0.25) is 5.02 Å². The lowest BCUT2D eigenvalue weighted by molar-refractivity contribution is 0.0987. The largest absolute Gasteiger partial charge is 0.507 e. The Bertz CT molecular complexity index is 305. The zero-order valence-electron chi connectivity index (χ0n) is 6.76. The van der Waals surface area contributed by atoms with Gasteiger partial charge in [0.05, 0.1) is 10.6 Å². The van der Waals surface area contributed by atoms with Gasteiger partial charge in [-0.25, -0.2) is 0 Å². The van der Waals surface area contributed by atoms with Crippen LogP contribution in [-0.2, 0) is 0 Å². The minimum Gasteiger partial charge on any atom is -0.507 e. The maximum Gasteiger partial charge on any atom is 0.168 e. The molecule has 0 spiro atoms. The van der Waals surface area contributed by atoms with Crippen molar-refractivity contribution in [2.45, 2.75) is 6.42 Å². The van der Waals surface area contributed by atoms with Crippen LogP contribution in [0, 0.1) is 0 Å². The third kappa shape index (κ3) is 2.45. The van der Waals surface area contributed by atoms with Crippen molar-refractivity contribution in [1.82, 2.24) is 0 Å². The Morgan fingerprint density at radius 2 is 2.23 bits per heavy atom. The molecular formula is C9H8BrClO2. The summed E-state index contributed by atoms with van der Waals surface area (Å²) in [5.74, 6) is -0.210. The third-order valence-electron chi connectivity index (χ3n) is 1.59. The highest BCUT2D eigenvalue weighted by Gasteiger charge is 2.13. The highest BCUT2D eigenvalue weighted by Crippen LogP contribution is 2.26. The van der Waals surface area contributed by atoms with Crippen LogP contribution in [-0.4, -0.2) is 16.2 Å². The number of benzene rings is 1. The van der Waals surface area contributed by atoms with E-state index in [0.29, 0.717) is 16.8 Å². The molecule has 1 N–H and O–H groups in total. The highest BCUT2D eigenvalue weighted by atomic mass is 79.9. The number of rotatable bonds is 3. The number of ketones is 1. The summed E-state index contributed by atoms with van der Waals surface area (Å²) in [5.41, 5.74) is 0.212. The summed E-state index contributed by atoms with van der Waals surface area (Å²) in [7, 11) is 0. The zero-order valence-corrected chi connectivity index (χ0v) is 9.10. The summed E-state index contributed by atoms with van der Waals surface area (Å²) < 4.78 is 0. The second-order valence-corrected chi connectivity index (χ2v) is 3.70. The summed E-state index contributed by atoms with van der Waals surface area (Å²) in [6, 6.07) is 4.64. The second kappa shape index (κ2) is 4.63. The van der Waals surface area contributed by atoms with Crippen molar-refractivity contribution in [2.75, 3.05) is 5.33 Å². The first-order valence-electron chi connectivity index (χ1n) is 3.73. The number of carbonyl (C=O) groups is 1. The fourth-order valence-corrected chi connectivity index (χ4v) is 1.63. The van der Waals surface area contributed by atoms with Gasteiger partial charge in [-0.1, -0.05) is 33.6 Å². The van der Waals surface area contributed by atoms with Crippen molar-refractivity contribution in [3.63, 3.8) is 0 Å². The van der Waals surface area contributed by atoms with E-state index in [1.165, 1.54) is 6.07 Å². The molecule has 70 valence electrons. The van der Waals surface area contributed by atoms with Crippen LogP contribution >= 0.6 is 27.5 Å². The number of halogens is 2. The van der Waals surface area contributed by atoms with Crippen molar-refractivity contribution in [2.24, 2.45) is 0 Å². The summed E-state index contributed by atoms with van der Waals surface area (Å²) in [6.45, 7) is 0. The van der Waals surface area contributed by atoms with Crippen LogP contribution in [0.3, 0.4) is 0 Å². The molecule has 0 aliphatic rings. The molecule has 0 atom stereocenters. The van der Waals surface area contributed by atoms with Gasteiger partial charge in [-0.3, -0.25) is 4.79 Å². The number of hydrogen-bond acceptors (Lipinski definition) is 2. The van der Waals surface area contributed by atoms with Gasteiger partial charge in [-0.2, -0.15) is 0 Å². The maximum atomic E-state index is 11.4. The van der Waals surface area contributed by atoms with Gasteiger partial charge >= 0.3 is 0 Å². The van der Waals surface area contributed by atoms with E-state index in [1.54, 1.807) is 12.1 Å². The average Bonchev–Trinajstić information content (AvgIpc) is 2.04. The van der Waals surface area contributed by atoms with Crippen LogP contribution in [0.15, 0.2) is 18.2 Å². The Hall–Kier alpha value is -0.540. The Kier molecular flexibility index (Phi) is 3.75. The molecule has 4 heteroatoms. The molecule has 0 aliphatic heterocycles. The molecule has 0 heterocycles. The normalized spacial score (nSPS) is 10.0. The molecule has 1 aromatic carbocycles. The number of hydrogen-bond donors (Lipinski definition) is 1. The third-order valence-corrected chi connectivity index (χ3v) is 2.30. The minimum atomic E-state index is -0.153. The quantitative estimate of drug-likeness (QED) is 0.672. The number of Topliss-reactive ketones (excluding diaryl/α,β-unsaturated/α-hetero) is 1. The van der Waals surface area contributed by atoms with E-state index in [4.69, 9.17) is 11.6 Å². The zero-order chi connectivity index (χ0) is 9.84. The molecule has 0 aliphatic carbocycles. The van der Waals surface area contributed by atoms with Crippen LogP contribution < -0.4 is 0 Å². The van der Waals surface area contributed by atoms with Gasteiger partial charge in [-0.15, -0.1) is 0 Å². The van der Waals surface area contributed by atoms with Gasteiger partial charge in [0.1, 0.15) is 5.75 Å². The lowest BCUT2D eigenvalue weighted by Crippen LogP contribution is -2.00. The van der Waals surface area contributed by atoms with E-state index in [1.807, 2.05) is 0 Å². The second-order valence-electron chi connectivity index (χ2n) is 2.50. The molecule has 0 fully saturated rings. The fraction of sp³-hybridized carbons (Fsp3) is 0.222. The molecule has 1 aromatic rings. The predicted molar refractivity (Wildman–Crippen MR) is 55.9 cm³/mol. The Labute approximate surface area is 89.7 Å². The molecular weight excluding hydrogens is 255 g/mol. The molecule has 1 rings (SSSR count). The standard InChI is InChI=1S/C9H8BrClO2/c10-5-4-8(13)9-6(11)2-1-3-7(9)12/h1-3,12H,4-5H2. The number of phenols is 1. The topological polar surface area (TPSA) is 37.3 Å². The molecule has 0 aromatic heterocycles. The summed E-state index contributed by atoms with van der Waals surface area (Å²) >= 11 is 8.91. The maximum absolute atomic E-state index is 11.4. The number of aromatic hydroxyl groups is 1. The smallest absolute Gasteiger partial charge is 0.168 e. The first-order valence-corrected chi connectivity index (χ1v) is 5.23. The van der Waals surface area contributed by atoms with Gasteiger partial charge < -0.3 is 5.11 Å². The van der Waals surface area contributed by atoms with Crippen LogP contribution in [0.5, 0.6) is 5.75 Å². The van der Waals surface area contributed by atoms with E-state index < -0.39 is 0 Å². The average molecular weight is 264 g/mol. The fourth-order valence-electron chi connectivity index (χ4n) is 1.000. The Balaban J connectivity index is 3.05. The van der Waals surface area contributed by atoms with Crippen molar-refractivity contribution >= 4 is 33.3 Å². The predicted octanol–water partition coefficient (Wildman–Crippen LogP) is 3.01. The van der Waals surface area contributed by atoms with E-state index in [0.717, 1.165) is 0 Å². The molecule has 0 saturated heterocycles. The molecule has 0 radical (unpaired) electrons. The summed E-state index contributed by atoms with van der Waals surface area (Å²) in [6.07, 6.45) is 0.331. The van der Waals surface area contributed by atoms with E-state index in [2.05, 4.69) is 15.9 Å². The number of alkyl halides is 1. The van der Waals surface area contributed by atoms with Crippen molar-refractivity contribution < 1.29 is 9.90 Å². The van der Waals surface area contributed by atoms with Gasteiger partial charge in [0, 0.05) is 11.8 Å². The lowest BCUT2D eigenvalue weighted by atomic mass is 10.1. The first kappa shape index (κ1) is 10.5. The summed E-state index contributed by atoms with van der Waals surface area (Å²) in [5, 5.41) is 10.2.